The van der Waals surface area contributed by atoms with Crippen LogP contribution >= 0.6 is 0 Å². The molecule has 37 heavy (non-hydrogen) atoms. The van der Waals surface area contributed by atoms with Gasteiger partial charge in [0.1, 0.15) is 22.5 Å². The van der Waals surface area contributed by atoms with Crippen LogP contribution in [0.4, 0.5) is 0 Å². The monoisotopic (exact) mass is 489 g/mol. The first kappa shape index (κ1) is 22.9. The van der Waals surface area contributed by atoms with E-state index in [0.717, 1.165) is 28.0 Å². The molecule has 0 amide bonds. The second-order valence-corrected chi connectivity index (χ2v) is 8.99. The van der Waals surface area contributed by atoms with Gasteiger partial charge in [-0.3, -0.25) is 13.9 Å². The van der Waals surface area contributed by atoms with Crippen molar-refractivity contribution < 1.29 is 4.74 Å². The van der Waals surface area contributed by atoms with E-state index in [2.05, 4.69) is 0 Å². The maximum atomic E-state index is 14.3. The highest BCUT2D eigenvalue weighted by atomic mass is 16.5. The molecule has 0 aliphatic heterocycles. The van der Waals surface area contributed by atoms with Gasteiger partial charge in [0, 0.05) is 12.1 Å². The fraction of sp³-hybridized carbons (Fsp3) is 0.200. The molecule has 3 heterocycles. The summed E-state index contributed by atoms with van der Waals surface area (Å²) in [6, 6.07) is 25.3. The molecule has 0 saturated carbocycles. The van der Waals surface area contributed by atoms with Crippen LogP contribution in [-0.2, 0) is 6.42 Å². The van der Waals surface area contributed by atoms with Crippen molar-refractivity contribution in [2.45, 2.75) is 33.2 Å². The third kappa shape index (κ3) is 3.74. The molecule has 0 aliphatic rings. The van der Waals surface area contributed by atoms with E-state index in [4.69, 9.17) is 19.7 Å². The number of benzene rings is 3. The summed E-state index contributed by atoms with van der Waals surface area (Å²) in [5, 5.41) is 0.474. The minimum Gasteiger partial charge on any atom is -0.494 e. The lowest BCUT2D eigenvalue weighted by Gasteiger charge is -2.19. The van der Waals surface area contributed by atoms with Crippen molar-refractivity contribution in [3.63, 3.8) is 0 Å². The minimum absolute atomic E-state index is 0.113. The average Bonchev–Trinajstić information content (AvgIpc) is 3.25. The van der Waals surface area contributed by atoms with Gasteiger partial charge in [-0.15, -0.1) is 0 Å². The van der Waals surface area contributed by atoms with Crippen molar-refractivity contribution in [2.24, 2.45) is 0 Å². The molecule has 0 N–H and O–H groups in total. The Labute approximate surface area is 214 Å². The van der Waals surface area contributed by atoms with Gasteiger partial charge in [-0.1, -0.05) is 49.4 Å². The smallest absolute Gasteiger partial charge is 0.265 e. The largest absolute Gasteiger partial charge is 0.494 e. The Hall–Kier alpha value is -4.52. The summed E-state index contributed by atoms with van der Waals surface area (Å²) in [5.41, 5.74) is 5.00. The molecule has 0 bridgehead atoms. The van der Waals surface area contributed by atoms with Gasteiger partial charge < -0.3 is 4.74 Å². The highest BCUT2D eigenvalue weighted by molar-refractivity contribution is 6.05. The van der Waals surface area contributed by atoms with E-state index in [1.54, 1.807) is 4.57 Å². The van der Waals surface area contributed by atoms with Gasteiger partial charge in [-0.2, -0.15) is 0 Å². The number of hydrogen-bond donors (Lipinski definition) is 0. The van der Waals surface area contributed by atoms with Gasteiger partial charge in [-0.25, -0.2) is 15.0 Å². The first-order valence-electron chi connectivity index (χ1n) is 12.6. The molecule has 1 atom stereocenters. The van der Waals surface area contributed by atoms with Crippen LogP contribution in [0.25, 0.3) is 38.9 Å². The predicted molar refractivity (Wildman–Crippen MR) is 147 cm³/mol. The maximum absolute atomic E-state index is 14.3. The van der Waals surface area contributed by atoms with Crippen LogP contribution < -0.4 is 10.3 Å². The zero-order valence-electron chi connectivity index (χ0n) is 21.0. The summed E-state index contributed by atoms with van der Waals surface area (Å²) in [7, 11) is 0. The summed E-state index contributed by atoms with van der Waals surface area (Å²) < 4.78 is 9.39. The van der Waals surface area contributed by atoms with Gasteiger partial charge in [-0.05, 0) is 55.8 Å². The highest BCUT2D eigenvalue weighted by Gasteiger charge is 2.24. The average molecular weight is 490 g/mol. The summed E-state index contributed by atoms with van der Waals surface area (Å²) in [6.07, 6.45) is 0.607. The number of nitrogens with zero attached hydrogens (tertiary/aromatic N) is 5. The molecule has 0 unspecified atom stereocenters. The molecule has 6 rings (SSSR count). The Bertz CT molecular complexity index is 1800. The van der Waals surface area contributed by atoms with Crippen molar-refractivity contribution in [3.05, 3.63) is 101 Å². The van der Waals surface area contributed by atoms with E-state index in [1.165, 1.54) is 0 Å². The van der Waals surface area contributed by atoms with Gasteiger partial charge in [0.05, 0.1) is 23.7 Å². The molecular formula is C30H27N5O2. The first-order valence-corrected chi connectivity index (χ1v) is 12.6. The number of rotatable bonds is 6. The molecule has 0 saturated heterocycles. The fourth-order valence-electron chi connectivity index (χ4n) is 4.98. The maximum Gasteiger partial charge on any atom is 0.265 e. The normalized spacial score (nSPS) is 12.4. The van der Waals surface area contributed by atoms with Crippen LogP contribution in [0.2, 0.25) is 0 Å². The van der Waals surface area contributed by atoms with E-state index in [0.29, 0.717) is 41.0 Å². The molecule has 0 radical (unpaired) electrons. The lowest BCUT2D eigenvalue weighted by molar-refractivity contribution is 0.340. The Balaban J connectivity index is 1.72. The van der Waals surface area contributed by atoms with Crippen LogP contribution in [0.15, 0.2) is 83.7 Å². The second-order valence-electron chi connectivity index (χ2n) is 8.99. The highest BCUT2D eigenvalue weighted by Crippen LogP contribution is 2.30. The molecule has 3 aromatic heterocycles. The summed E-state index contributed by atoms with van der Waals surface area (Å²) in [4.78, 5) is 29.2. The Morgan fingerprint density at radius 3 is 2.16 bits per heavy atom. The predicted octanol–water partition coefficient (Wildman–Crippen LogP) is 5.85. The Kier molecular flexibility index (Phi) is 5.68. The fourth-order valence-corrected chi connectivity index (χ4v) is 4.98. The molecular weight excluding hydrogens is 462 g/mol. The van der Waals surface area contributed by atoms with E-state index < -0.39 is 0 Å². The lowest BCUT2D eigenvalue weighted by Crippen LogP contribution is -2.28. The molecule has 0 spiro atoms. The molecule has 7 heteroatoms. The first-order chi connectivity index (χ1) is 18.1. The van der Waals surface area contributed by atoms with Crippen molar-refractivity contribution in [3.8, 4) is 11.4 Å². The lowest BCUT2D eigenvalue weighted by atomic mass is 10.1. The molecule has 6 aromatic rings. The minimum atomic E-state index is -0.183. The van der Waals surface area contributed by atoms with Gasteiger partial charge >= 0.3 is 0 Å². The standard InChI is InChI=1S/C30H27N5O2/c1-4-25-33-28-26(30(36)34(25)19(3)20-11-7-6-8-12-20)27-29(32-24-14-10-9-13-23(24)31-27)35(28)21-15-17-22(18-16-21)37-5-2/h6-19H,4-5H2,1-3H3/t19-/m1/s1. The van der Waals surface area contributed by atoms with E-state index in [-0.39, 0.29) is 11.6 Å². The van der Waals surface area contributed by atoms with E-state index in [9.17, 15) is 4.79 Å². The van der Waals surface area contributed by atoms with Gasteiger partial charge in [0.2, 0.25) is 0 Å². The Morgan fingerprint density at radius 1 is 0.811 bits per heavy atom. The zero-order chi connectivity index (χ0) is 25.5. The van der Waals surface area contributed by atoms with Gasteiger partial charge in [0.25, 0.3) is 5.56 Å². The van der Waals surface area contributed by atoms with Crippen molar-refractivity contribution in [1.29, 1.82) is 0 Å². The number of aromatic nitrogens is 5. The van der Waals surface area contributed by atoms with E-state index in [1.807, 2.05) is 104 Å². The summed E-state index contributed by atoms with van der Waals surface area (Å²) in [6.45, 7) is 6.61. The molecule has 0 fully saturated rings. The molecule has 184 valence electrons. The quantitative estimate of drug-likeness (QED) is 0.293. The SMILES string of the molecule is CCOc1ccc(-n2c3nc4ccccc4nc3c3c(=O)n([C@H](C)c4ccccc4)c(CC)nc32)cc1. The summed E-state index contributed by atoms with van der Waals surface area (Å²) in [5.74, 6) is 1.50. The molecule has 3 aromatic carbocycles. The van der Waals surface area contributed by atoms with E-state index >= 15 is 0 Å². The van der Waals surface area contributed by atoms with Crippen molar-refractivity contribution in [1.82, 2.24) is 24.1 Å². The van der Waals surface area contributed by atoms with Gasteiger partial charge in [0.15, 0.2) is 11.3 Å². The van der Waals surface area contributed by atoms with Crippen molar-refractivity contribution in [2.75, 3.05) is 6.61 Å². The van der Waals surface area contributed by atoms with Crippen LogP contribution in [0.1, 0.15) is 38.2 Å². The Morgan fingerprint density at radius 2 is 1.49 bits per heavy atom. The third-order valence-electron chi connectivity index (χ3n) is 6.77. The number of hydrogen-bond acceptors (Lipinski definition) is 5. The van der Waals surface area contributed by atoms with Crippen LogP contribution in [0.5, 0.6) is 5.75 Å². The van der Waals surface area contributed by atoms with Crippen molar-refractivity contribution >= 4 is 33.2 Å². The van der Waals surface area contributed by atoms with Crippen LogP contribution in [0.3, 0.4) is 0 Å². The molecule has 0 aliphatic carbocycles. The second kappa shape index (κ2) is 9.17. The zero-order valence-corrected chi connectivity index (χ0v) is 21.0. The number of fused-ring (bicyclic) bond motifs is 4. The number of ether oxygens (including phenoxy) is 1. The van der Waals surface area contributed by atoms with Crippen LogP contribution in [0, 0.1) is 0 Å². The van der Waals surface area contributed by atoms with Crippen LogP contribution in [-0.4, -0.2) is 30.7 Å². The molecule has 7 nitrogen and oxygen atoms in total. The number of para-hydroxylation sites is 2. The number of aryl methyl sites for hydroxylation is 1. The summed E-state index contributed by atoms with van der Waals surface area (Å²) >= 11 is 0. The topological polar surface area (TPSA) is 74.8 Å². The third-order valence-corrected chi connectivity index (χ3v) is 6.77.